The Morgan fingerprint density at radius 2 is 1.89 bits per heavy atom. The minimum Gasteiger partial charge on any atom is -0.372 e. The van der Waals surface area contributed by atoms with Crippen molar-refractivity contribution in [2.45, 2.75) is 56.8 Å². The van der Waals surface area contributed by atoms with Crippen LogP contribution in [0.15, 0.2) is 30.3 Å². The van der Waals surface area contributed by atoms with Gasteiger partial charge in [-0.25, -0.2) is 0 Å². The maximum atomic E-state index is 6.16. The van der Waals surface area contributed by atoms with Gasteiger partial charge in [-0.3, -0.25) is 0 Å². The van der Waals surface area contributed by atoms with E-state index in [1.165, 1.54) is 37.7 Å². The van der Waals surface area contributed by atoms with Crippen molar-refractivity contribution < 1.29 is 9.47 Å². The standard InChI is InChI=1S/C16H22O2/c1-3-7-14(8-4-1)13-17-15-9-12-18-16(15)10-5-2-6-11-16/h1,3-4,7-8,15H,2,5-6,9-13H2. The summed E-state index contributed by atoms with van der Waals surface area (Å²) in [5, 5.41) is 0. The molecule has 1 aliphatic carbocycles. The Morgan fingerprint density at radius 1 is 1.11 bits per heavy atom. The van der Waals surface area contributed by atoms with Gasteiger partial charge in [0.2, 0.25) is 0 Å². The van der Waals surface area contributed by atoms with Gasteiger partial charge in [0.1, 0.15) is 0 Å². The Morgan fingerprint density at radius 3 is 2.67 bits per heavy atom. The molecule has 2 nitrogen and oxygen atoms in total. The molecule has 1 saturated carbocycles. The van der Waals surface area contributed by atoms with Gasteiger partial charge < -0.3 is 9.47 Å². The van der Waals surface area contributed by atoms with E-state index in [-0.39, 0.29) is 5.60 Å². The summed E-state index contributed by atoms with van der Waals surface area (Å²) in [7, 11) is 0. The fraction of sp³-hybridized carbons (Fsp3) is 0.625. The first-order valence-corrected chi connectivity index (χ1v) is 7.19. The molecular weight excluding hydrogens is 224 g/mol. The molecule has 0 N–H and O–H groups in total. The zero-order chi connectivity index (χ0) is 12.3. The van der Waals surface area contributed by atoms with E-state index in [1.54, 1.807) is 0 Å². The van der Waals surface area contributed by atoms with E-state index >= 15 is 0 Å². The highest BCUT2D eigenvalue weighted by molar-refractivity contribution is 5.13. The molecule has 1 unspecified atom stereocenters. The van der Waals surface area contributed by atoms with E-state index in [2.05, 4.69) is 24.3 Å². The number of ether oxygens (including phenoxy) is 2. The maximum absolute atomic E-state index is 6.16. The van der Waals surface area contributed by atoms with Crippen LogP contribution in [-0.4, -0.2) is 18.3 Å². The molecule has 0 radical (unpaired) electrons. The van der Waals surface area contributed by atoms with Gasteiger partial charge in [0.25, 0.3) is 0 Å². The lowest BCUT2D eigenvalue weighted by molar-refractivity contribution is -0.110. The SMILES string of the molecule is c1ccc(COC2CCOC23CCCCC3)cc1. The van der Waals surface area contributed by atoms with Gasteiger partial charge in [0.15, 0.2) is 0 Å². The molecule has 98 valence electrons. The Bertz CT molecular complexity index is 368. The Hall–Kier alpha value is -0.860. The average Bonchev–Trinajstić information content (AvgIpc) is 2.81. The molecule has 1 spiro atoms. The second kappa shape index (κ2) is 5.41. The molecule has 0 aromatic heterocycles. The molecule has 2 aliphatic rings. The van der Waals surface area contributed by atoms with E-state index in [9.17, 15) is 0 Å². The zero-order valence-corrected chi connectivity index (χ0v) is 10.9. The van der Waals surface area contributed by atoms with E-state index in [0.29, 0.717) is 6.10 Å². The van der Waals surface area contributed by atoms with Crippen LogP contribution in [0.2, 0.25) is 0 Å². The summed E-state index contributed by atoms with van der Waals surface area (Å²) >= 11 is 0. The predicted octanol–water partition coefficient (Wildman–Crippen LogP) is 3.70. The van der Waals surface area contributed by atoms with Crippen molar-refractivity contribution in [1.82, 2.24) is 0 Å². The molecule has 3 rings (SSSR count). The summed E-state index contributed by atoms with van der Waals surface area (Å²) in [5.74, 6) is 0. The van der Waals surface area contributed by atoms with Crippen LogP contribution in [0.3, 0.4) is 0 Å². The average molecular weight is 246 g/mol. The van der Waals surface area contributed by atoms with Crippen LogP contribution in [0, 0.1) is 0 Å². The first-order valence-electron chi connectivity index (χ1n) is 7.19. The smallest absolute Gasteiger partial charge is 0.0943 e. The van der Waals surface area contributed by atoms with Gasteiger partial charge in [0.05, 0.1) is 24.9 Å². The van der Waals surface area contributed by atoms with Crippen molar-refractivity contribution in [2.75, 3.05) is 6.61 Å². The molecule has 1 aliphatic heterocycles. The molecule has 1 atom stereocenters. The summed E-state index contributed by atoms with van der Waals surface area (Å²) in [6.07, 6.45) is 7.69. The van der Waals surface area contributed by atoms with Gasteiger partial charge >= 0.3 is 0 Å². The summed E-state index contributed by atoms with van der Waals surface area (Å²) in [4.78, 5) is 0. The first kappa shape index (κ1) is 12.2. The fourth-order valence-corrected chi connectivity index (χ4v) is 3.35. The summed E-state index contributed by atoms with van der Waals surface area (Å²) < 4.78 is 12.2. The van der Waals surface area contributed by atoms with Crippen molar-refractivity contribution in [1.29, 1.82) is 0 Å². The molecule has 1 aromatic carbocycles. The topological polar surface area (TPSA) is 18.5 Å². The molecule has 2 heteroatoms. The van der Waals surface area contributed by atoms with Crippen molar-refractivity contribution in [2.24, 2.45) is 0 Å². The highest BCUT2D eigenvalue weighted by atomic mass is 16.6. The number of benzene rings is 1. The minimum absolute atomic E-state index is 0.0486. The Labute approximate surface area is 109 Å². The van der Waals surface area contributed by atoms with Crippen LogP contribution in [0.5, 0.6) is 0 Å². The highest BCUT2D eigenvalue weighted by Crippen LogP contribution is 2.41. The second-order valence-corrected chi connectivity index (χ2v) is 5.55. The molecule has 1 aromatic rings. The molecule has 0 bridgehead atoms. The lowest BCUT2D eigenvalue weighted by Gasteiger charge is -2.37. The number of hydrogen-bond acceptors (Lipinski definition) is 2. The quantitative estimate of drug-likeness (QED) is 0.809. The molecular formula is C16H22O2. The third-order valence-electron chi connectivity index (χ3n) is 4.35. The van der Waals surface area contributed by atoms with E-state index in [0.717, 1.165) is 19.6 Å². The summed E-state index contributed by atoms with van der Waals surface area (Å²) in [5.41, 5.74) is 1.31. The molecule has 0 amide bonds. The van der Waals surface area contributed by atoms with Crippen molar-refractivity contribution >= 4 is 0 Å². The van der Waals surface area contributed by atoms with Crippen molar-refractivity contribution in [3.63, 3.8) is 0 Å². The molecule has 2 fully saturated rings. The number of rotatable bonds is 3. The van der Waals surface area contributed by atoms with Crippen molar-refractivity contribution in [3.05, 3.63) is 35.9 Å². The normalized spacial score (nSPS) is 26.6. The predicted molar refractivity (Wildman–Crippen MR) is 71.4 cm³/mol. The lowest BCUT2D eigenvalue weighted by Crippen LogP contribution is -2.42. The summed E-state index contributed by atoms with van der Waals surface area (Å²) in [6.45, 7) is 1.59. The van der Waals surface area contributed by atoms with Gasteiger partial charge in [-0.05, 0) is 24.8 Å². The van der Waals surface area contributed by atoms with E-state index in [4.69, 9.17) is 9.47 Å². The van der Waals surface area contributed by atoms with Crippen LogP contribution in [-0.2, 0) is 16.1 Å². The number of hydrogen-bond donors (Lipinski definition) is 0. The fourth-order valence-electron chi connectivity index (χ4n) is 3.35. The second-order valence-electron chi connectivity index (χ2n) is 5.55. The van der Waals surface area contributed by atoms with Crippen LogP contribution in [0.25, 0.3) is 0 Å². The van der Waals surface area contributed by atoms with Gasteiger partial charge in [-0.15, -0.1) is 0 Å². The molecule has 1 heterocycles. The largest absolute Gasteiger partial charge is 0.372 e. The van der Waals surface area contributed by atoms with Crippen LogP contribution < -0.4 is 0 Å². The Kier molecular flexibility index (Phi) is 3.67. The van der Waals surface area contributed by atoms with Crippen LogP contribution in [0.1, 0.15) is 44.1 Å². The Balaban J connectivity index is 1.61. The zero-order valence-electron chi connectivity index (χ0n) is 10.9. The molecule has 1 saturated heterocycles. The van der Waals surface area contributed by atoms with Gasteiger partial charge in [-0.2, -0.15) is 0 Å². The third kappa shape index (κ3) is 2.45. The first-order chi connectivity index (χ1) is 8.89. The molecule has 18 heavy (non-hydrogen) atoms. The van der Waals surface area contributed by atoms with Crippen LogP contribution >= 0.6 is 0 Å². The summed E-state index contributed by atoms with van der Waals surface area (Å²) in [6, 6.07) is 10.4. The monoisotopic (exact) mass is 246 g/mol. The minimum atomic E-state index is 0.0486. The highest BCUT2D eigenvalue weighted by Gasteiger charge is 2.45. The third-order valence-corrected chi connectivity index (χ3v) is 4.35. The van der Waals surface area contributed by atoms with E-state index in [1.807, 2.05) is 6.07 Å². The lowest BCUT2D eigenvalue weighted by atomic mass is 9.81. The van der Waals surface area contributed by atoms with E-state index < -0.39 is 0 Å². The van der Waals surface area contributed by atoms with Crippen LogP contribution in [0.4, 0.5) is 0 Å². The maximum Gasteiger partial charge on any atom is 0.0943 e. The van der Waals surface area contributed by atoms with Gasteiger partial charge in [0, 0.05) is 0 Å². The van der Waals surface area contributed by atoms with Crippen molar-refractivity contribution in [3.8, 4) is 0 Å². The van der Waals surface area contributed by atoms with Gasteiger partial charge in [-0.1, -0.05) is 49.6 Å².